The number of carbonyl (C=O) groups is 2. The second-order valence-electron chi connectivity index (χ2n) is 5.20. The fraction of sp³-hybridized carbons (Fsp3) is 0.429. The third kappa shape index (κ3) is 3.51. The van der Waals surface area contributed by atoms with Crippen LogP contribution in [0.25, 0.3) is 0 Å². The minimum atomic E-state index is -0.0212. The summed E-state index contributed by atoms with van der Waals surface area (Å²) >= 11 is 1.50. The van der Waals surface area contributed by atoms with E-state index in [0.29, 0.717) is 17.9 Å². The molecule has 21 heavy (non-hydrogen) atoms. The van der Waals surface area contributed by atoms with E-state index < -0.39 is 0 Å². The van der Waals surface area contributed by atoms with Crippen molar-refractivity contribution < 1.29 is 9.59 Å². The van der Waals surface area contributed by atoms with Gasteiger partial charge in [0.1, 0.15) is 0 Å². The van der Waals surface area contributed by atoms with E-state index in [-0.39, 0.29) is 30.3 Å². The van der Waals surface area contributed by atoms with E-state index in [1.807, 2.05) is 12.1 Å². The number of hydrogen-bond donors (Lipinski definition) is 2. The highest BCUT2D eigenvalue weighted by Gasteiger charge is 2.24. The minimum absolute atomic E-state index is 0. The molecule has 0 radical (unpaired) electrons. The summed E-state index contributed by atoms with van der Waals surface area (Å²) in [5.74, 6) is 0.404. The fourth-order valence-electron chi connectivity index (χ4n) is 2.59. The van der Waals surface area contributed by atoms with E-state index in [4.69, 9.17) is 5.73 Å². The van der Waals surface area contributed by atoms with Crippen LogP contribution >= 0.6 is 24.2 Å². The molecular formula is C14H18ClN3O2S. The number of nitrogens with two attached hydrogens (primary N) is 1. The van der Waals surface area contributed by atoms with E-state index in [1.165, 1.54) is 11.8 Å². The molecule has 3 N–H and O–H groups in total. The lowest BCUT2D eigenvalue weighted by Crippen LogP contribution is -2.45. The van der Waals surface area contributed by atoms with Gasteiger partial charge in [0, 0.05) is 29.6 Å². The number of piperidine rings is 1. The molecule has 2 aliphatic heterocycles. The lowest BCUT2D eigenvalue weighted by Gasteiger charge is -2.31. The summed E-state index contributed by atoms with van der Waals surface area (Å²) in [4.78, 5) is 26.7. The molecule has 5 nitrogen and oxygen atoms in total. The molecular weight excluding hydrogens is 310 g/mol. The molecule has 7 heteroatoms. The smallest absolute Gasteiger partial charge is 0.253 e. The van der Waals surface area contributed by atoms with Crippen molar-refractivity contribution in [3.05, 3.63) is 23.8 Å². The van der Waals surface area contributed by atoms with Crippen molar-refractivity contribution in [3.63, 3.8) is 0 Å². The van der Waals surface area contributed by atoms with Crippen LogP contribution in [0.15, 0.2) is 23.1 Å². The second-order valence-corrected chi connectivity index (χ2v) is 6.22. The molecule has 0 spiro atoms. The number of amides is 2. The lowest BCUT2D eigenvalue weighted by molar-refractivity contribution is -0.113. The van der Waals surface area contributed by atoms with Gasteiger partial charge in [0.25, 0.3) is 5.91 Å². The summed E-state index contributed by atoms with van der Waals surface area (Å²) < 4.78 is 0. The van der Waals surface area contributed by atoms with Gasteiger partial charge in [0.05, 0.1) is 11.4 Å². The van der Waals surface area contributed by atoms with Crippen LogP contribution in [-0.2, 0) is 4.79 Å². The number of anilines is 1. The van der Waals surface area contributed by atoms with Gasteiger partial charge in [-0.25, -0.2) is 0 Å². The first-order valence-electron chi connectivity index (χ1n) is 6.75. The van der Waals surface area contributed by atoms with Crippen LogP contribution in [-0.4, -0.2) is 41.6 Å². The van der Waals surface area contributed by atoms with Gasteiger partial charge in [-0.2, -0.15) is 0 Å². The Kier molecular flexibility index (Phi) is 5.13. The van der Waals surface area contributed by atoms with Crippen LogP contribution < -0.4 is 11.1 Å². The van der Waals surface area contributed by atoms with E-state index >= 15 is 0 Å². The van der Waals surface area contributed by atoms with Gasteiger partial charge in [-0.15, -0.1) is 24.2 Å². The van der Waals surface area contributed by atoms with E-state index in [9.17, 15) is 9.59 Å². The minimum Gasteiger partial charge on any atom is -0.337 e. The van der Waals surface area contributed by atoms with Gasteiger partial charge >= 0.3 is 0 Å². The highest BCUT2D eigenvalue weighted by molar-refractivity contribution is 8.00. The van der Waals surface area contributed by atoms with Crippen LogP contribution in [0.2, 0.25) is 0 Å². The maximum absolute atomic E-state index is 12.5. The van der Waals surface area contributed by atoms with Gasteiger partial charge in [0.2, 0.25) is 5.91 Å². The zero-order valence-corrected chi connectivity index (χ0v) is 13.1. The molecule has 0 aliphatic carbocycles. The highest BCUT2D eigenvalue weighted by Crippen LogP contribution is 2.32. The monoisotopic (exact) mass is 327 g/mol. The van der Waals surface area contributed by atoms with Crippen molar-refractivity contribution in [1.82, 2.24) is 4.90 Å². The quantitative estimate of drug-likeness (QED) is 0.823. The number of thioether (sulfide) groups is 1. The molecule has 2 amide bonds. The Bertz CT molecular complexity index is 567. The third-order valence-electron chi connectivity index (χ3n) is 3.60. The molecule has 3 rings (SSSR count). The molecule has 1 aromatic carbocycles. The summed E-state index contributed by atoms with van der Waals surface area (Å²) in [6.45, 7) is 1.36. The molecule has 0 aromatic heterocycles. The number of benzene rings is 1. The Morgan fingerprint density at radius 3 is 3.00 bits per heavy atom. The number of fused-ring (bicyclic) bond motifs is 1. The fourth-order valence-corrected chi connectivity index (χ4v) is 3.38. The summed E-state index contributed by atoms with van der Waals surface area (Å²) in [6.07, 6.45) is 1.92. The number of hydrogen-bond acceptors (Lipinski definition) is 4. The Morgan fingerprint density at radius 1 is 1.43 bits per heavy atom. The standard InChI is InChI=1S/C14H17N3O2S.ClH/c15-10-2-1-5-17(7-10)14(19)9-3-4-12-11(6-9)16-13(18)8-20-12;/h3-4,6,10H,1-2,5,7-8,15H2,(H,16,18);1H. The summed E-state index contributed by atoms with van der Waals surface area (Å²) in [7, 11) is 0. The lowest BCUT2D eigenvalue weighted by atomic mass is 10.1. The van der Waals surface area contributed by atoms with Gasteiger partial charge < -0.3 is 16.0 Å². The van der Waals surface area contributed by atoms with Gasteiger partial charge in [-0.1, -0.05) is 0 Å². The molecule has 114 valence electrons. The zero-order valence-electron chi connectivity index (χ0n) is 11.5. The topological polar surface area (TPSA) is 75.4 Å². The van der Waals surface area contributed by atoms with Crippen LogP contribution in [0, 0.1) is 0 Å². The Hall–Kier alpha value is -1.24. The van der Waals surface area contributed by atoms with Crippen LogP contribution in [0.4, 0.5) is 5.69 Å². The van der Waals surface area contributed by atoms with Crippen LogP contribution in [0.1, 0.15) is 23.2 Å². The third-order valence-corrected chi connectivity index (χ3v) is 4.68. The summed E-state index contributed by atoms with van der Waals surface area (Å²) in [5.41, 5.74) is 7.26. The molecule has 1 unspecified atom stereocenters. The van der Waals surface area contributed by atoms with Crippen molar-refractivity contribution in [1.29, 1.82) is 0 Å². The number of carbonyl (C=O) groups excluding carboxylic acids is 2. The molecule has 0 saturated carbocycles. The van der Waals surface area contributed by atoms with Gasteiger partial charge in [-0.05, 0) is 31.0 Å². The average Bonchev–Trinajstić information content (AvgIpc) is 2.45. The highest BCUT2D eigenvalue weighted by atomic mass is 35.5. The molecule has 2 heterocycles. The number of halogens is 1. The SMILES string of the molecule is Cl.NC1CCCN(C(=O)c2ccc3c(c2)NC(=O)CS3)C1. The number of nitrogens with one attached hydrogen (secondary N) is 1. The molecule has 2 aliphatic rings. The van der Waals surface area contributed by atoms with Crippen LogP contribution in [0.3, 0.4) is 0 Å². The largest absolute Gasteiger partial charge is 0.337 e. The first kappa shape index (κ1) is 16.1. The van der Waals surface area contributed by atoms with Gasteiger partial charge in [-0.3, -0.25) is 9.59 Å². The second kappa shape index (κ2) is 6.68. The number of likely N-dealkylation sites (tertiary alicyclic amines) is 1. The first-order valence-corrected chi connectivity index (χ1v) is 7.73. The summed E-state index contributed by atoms with van der Waals surface area (Å²) in [6, 6.07) is 5.56. The predicted molar refractivity (Wildman–Crippen MR) is 86.2 cm³/mol. The van der Waals surface area contributed by atoms with E-state index in [0.717, 1.165) is 30.0 Å². The Labute approximate surface area is 134 Å². The maximum atomic E-state index is 12.5. The van der Waals surface area contributed by atoms with Crippen molar-refractivity contribution in [2.24, 2.45) is 5.73 Å². The van der Waals surface area contributed by atoms with Crippen molar-refractivity contribution in [2.75, 3.05) is 24.2 Å². The van der Waals surface area contributed by atoms with Crippen LogP contribution in [0.5, 0.6) is 0 Å². The zero-order chi connectivity index (χ0) is 14.1. The molecule has 0 bridgehead atoms. The molecule has 1 saturated heterocycles. The average molecular weight is 328 g/mol. The van der Waals surface area contributed by atoms with Gasteiger partial charge in [0.15, 0.2) is 0 Å². The molecule has 1 atom stereocenters. The van der Waals surface area contributed by atoms with E-state index in [2.05, 4.69) is 5.32 Å². The first-order chi connectivity index (χ1) is 9.63. The van der Waals surface area contributed by atoms with Crippen molar-refractivity contribution in [3.8, 4) is 0 Å². The number of nitrogens with zero attached hydrogens (tertiary/aromatic N) is 1. The van der Waals surface area contributed by atoms with E-state index in [1.54, 1.807) is 11.0 Å². The van der Waals surface area contributed by atoms with Crippen molar-refractivity contribution in [2.45, 2.75) is 23.8 Å². The van der Waals surface area contributed by atoms with Crippen molar-refractivity contribution >= 4 is 41.7 Å². The molecule has 1 aromatic rings. The Morgan fingerprint density at radius 2 is 2.24 bits per heavy atom. The maximum Gasteiger partial charge on any atom is 0.253 e. The predicted octanol–water partition coefficient (Wildman–Crippen LogP) is 1.72. The normalized spacial score (nSPS) is 21.1. The molecule has 1 fully saturated rings. The Balaban J connectivity index is 0.00000161. The number of rotatable bonds is 1. The summed E-state index contributed by atoms with van der Waals surface area (Å²) in [5, 5.41) is 2.81.